The van der Waals surface area contributed by atoms with Gasteiger partial charge in [-0.2, -0.15) is 0 Å². The normalized spacial score (nSPS) is 17.8. The minimum Gasteiger partial charge on any atom is -0.502 e. The molecule has 1 aromatic carbocycles. The second-order valence-electron chi connectivity index (χ2n) is 6.69. The molecule has 9 nitrogen and oxygen atoms in total. The third kappa shape index (κ3) is 3.72. The maximum Gasteiger partial charge on any atom is 0.409 e. The Labute approximate surface area is 168 Å². The zero-order valence-electron chi connectivity index (χ0n) is 16.6. The predicted molar refractivity (Wildman–Crippen MR) is 103 cm³/mol. The first kappa shape index (κ1) is 20.5. The van der Waals surface area contributed by atoms with Gasteiger partial charge in [0.05, 0.1) is 26.4 Å². The average molecular weight is 404 g/mol. The van der Waals surface area contributed by atoms with E-state index in [1.807, 2.05) is 0 Å². The van der Waals surface area contributed by atoms with E-state index in [0.717, 1.165) is 4.90 Å². The first-order valence-electron chi connectivity index (χ1n) is 9.38. The summed E-state index contributed by atoms with van der Waals surface area (Å²) in [4.78, 5) is 40.1. The number of aliphatic hydroxyl groups excluding tert-OH is 1. The third-order valence-electron chi connectivity index (χ3n) is 5.12. The number of likely N-dealkylation sites (tertiary alicyclic amines) is 1. The molecule has 0 atom stereocenters. The summed E-state index contributed by atoms with van der Waals surface area (Å²) in [5, 5.41) is 10.4. The average Bonchev–Trinajstić information content (AvgIpc) is 2.96. The van der Waals surface area contributed by atoms with Crippen molar-refractivity contribution in [3.05, 3.63) is 29.5 Å². The number of rotatable bonds is 5. The fraction of sp³-hybridized carbons (Fsp3) is 0.450. The number of imide groups is 1. The third-order valence-corrected chi connectivity index (χ3v) is 5.12. The summed E-state index contributed by atoms with van der Waals surface area (Å²) in [6.07, 6.45) is 0.433. The van der Waals surface area contributed by atoms with E-state index >= 15 is 0 Å². The van der Waals surface area contributed by atoms with Gasteiger partial charge in [0, 0.05) is 19.1 Å². The van der Waals surface area contributed by atoms with E-state index in [1.54, 1.807) is 30.0 Å². The molecule has 0 aromatic heterocycles. The van der Waals surface area contributed by atoms with Crippen LogP contribution in [-0.4, -0.2) is 72.8 Å². The van der Waals surface area contributed by atoms with E-state index < -0.39 is 29.7 Å². The number of aliphatic hydroxyl groups is 1. The van der Waals surface area contributed by atoms with Crippen LogP contribution in [0.1, 0.15) is 25.3 Å². The molecule has 0 spiro atoms. The summed E-state index contributed by atoms with van der Waals surface area (Å²) in [6, 6.07) is 4.33. The fourth-order valence-corrected chi connectivity index (χ4v) is 3.64. The number of methoxy groups -OCH3 is 2. The minimum atomic E-state index is -0.727. The molecule has 1 fully saturated rings. The van der Waals surface area contributed by atoms with E-state index in [2.05, 4.69) is 0 Å². The van der Waals surface area contributed by atoms with Gasteiger partial charge in [0.25, 0.3) is 11.8 Å². The Kier molecular flexibility index (Phi) is 5.95. The van der Waals surface area contributed by atoms with Crippen LogP contribution in [-0.2, 0) is 14.3 Å². The second-order valence-corrected chi connectivity index (χ2v) is 6.69. The molecule has 2 aliphatic heterocycles. The Balaban J connectivity index is 1.78. The SMILES string of the molecule is CCOC(=O)N1CCC(N2C(=O)C(O)=C(c3ccc(OC)c(OC)c3)C2=O)CC1. The van der Waals surface area contributed by atoms with E-state index in [0.29, 0.717) is 43.0 Å². The number of benzene rings is 1. The molecule has 0 bridgehead atoms. The van der Waals surface area contributed by atoms with E-state index in [4.69, 9.17) is 14.2 Å². The van der Waals surface area contributed by atoms with Crippen LogP contribution in [0.2, 0.25) is 0 Å². The molecule has 29 heavy (non-hydrogen) atoms. The summed E-state index contributed by atoms with van der Waals surface area (Å²) in [6.45, 7) is 2.75. The van der Waals surface area contributed by atoms with E-state index in [1.165, 1.54) is 14.2 Å². The van der Waals surface area contributed by atoms with Gasteiger partial charge in [-0.25, -0.2) is 4.79 Å². The van der Waals surface area contributed by atoms with Crippen molar-refractivity contribution in [2.45, 2.75) is 25.8 Å². The van der Waals surface area contributed by atoms with Crippen molar-refractivity contribution in [3.8, 4) is 11.5 Å². The van der Waals surface area contributed by atoms with Gasteiger partial charge in [0.1, 0.15) is 0 Å². The lowest BCUT2D eigenvalue weighted by Crippen LogP contribution is -2.49. The van der Waals surface area contributed by atoms with Gasteiger partial charge in [-0.05, 0) is 37.5 Å². The summed E-state index contributed by atoms with van der Waals surface area (Å²) in [7, 11) is 2.95. The standard InChI is InChI=1S/C20H24N2O7/c1-4-29-20(26)21-9-7-13(8-10-21)22-18(24)16(17(23)19(22)25)12-5-6-14(27-2)15(11-12)28-3/h5-6,11,13,23H,4,7-10H2,1-3H3. The maximum atomic E-state index is 13.0. The van der Waals surface area contributed by atoms with Crippen LogP contribution in [0.15, 0.2) is 24.0 Å². The van der Waals surface area contributed by atoms with Gasteiger partial charge >= 0.3 is 6.09 Å². The molecular formula is C20H24N2O7. The lowest BCUT2D eigenvalue weighted by molar-refractivity contribution is -0.141. The summed E-state index contributed by atoms with van der Waals surface area (Å²) >= 11 is 0. The van der Waals surface area contributed by atoms with Crippen LogP contribution in [0.25, 0.3) is 5.57 Å². The summed E-state index contributed by atoms with van der Waals surface area (Å²) < 4.78 is 15.4. The zero-order chi connectivity index (χ0) is 21.1. The number of amides is 3. The van der Waals surface area contributed by atoms with Crippen LogP contribution in [0.3, 0.4) is 0 Å². The number of carbonyl (C=O) groups is 3. The molecular weight excluding hydrogens is 380 g/mol. The number of carbonyl (C=O) groups excluding carboxylic acids is 3. The monoisotopic (exact) mass is 404 g/mol. The first-order valence-corrected chi connectivity index (χ1v) is 9.38. The molecule has 156 valence electrons. The highest BCUT2D eigenvalue weighted by Crippen LogP contribution is 2.36. The zero-order valence-corrected chi connectivity index (χ0v) is 16.6. The molecule has 0 saturated carbocycles. The van der Waals surface area contributed by atoms with Gasteiger partial charge in [0.2, 0.25) is 0 Å². The van der Waals surface area contributed by atoms with Crippen LogP contribution in [0.4, 0.5) is 4.79 Å². The van der Waals surface area contributed by atoms with Crippen LogP contribution < -0.4 is 9.47 Å². The van der Waals surface area contributed by atoms with Gasteiger partial charge in [0.15, 0.2) is 17.3 Å². The molecule has 1 saturated heterocycles. The first-order chi connectivity index (χ1) is 13.9. The number of ether oxygens (including phenoxy) is 3. The van der Waals surface area contributed by atoms with Gasteiger partial charge < -0.3 is 24.2 Å². The van der Waals surface area contributed by atoms with Crippen LogP contribution in [0, 0.1) is 0 Å². The van der Waals surface area contributed by atoms with Crippen molar-refractivity contribution in [1.29, 1.82) is 0 Å². The van der Waals surface area contributed by atoms with Gasteiger partial charge in [-0.15, -0.1) is 0 Å². The summed E-state index contributed by atoms with van der Waals surface area (Å²) in [5.74, 6) is -1.03. The highest BCUT2D eigenvalue weighted by molar-refractivity contribution is 6.35. The highest BCUT2D eigenvalue weighted by Gasteiger charge is 2.44. The molecule has 9 heteroatoms. The Morgan fingerprint density at radius 3 is 2.34 bits per heavy atom. The van der Waals surface area contributed by atoms with Crippen molar-refractivity contribution in [1.82, 2.24) is 9.80 Å². The minimum absolute atomic E-state index is 0.0659. The number of piperidine rings is 1. The quantitative estimate of drug-likeness (QED) is 0.748. The molecule has 0 unspecified atom stereocenters. The van der Waals surface area contributed by atoms with Crippen molar-refractivity contribution in [3.63, 3.8) is 0 Å². The Bertz CT molecular complexity index is 856. The Hall–Kier alpha value is -3.23. The summed E-state index contributed by atoms with van der Waals surface area (Å²) in [5.41, 5.74) is 0.300. The van der Waals surface area contributed by atoms with E-state index in [9.17, 15) is 19.5 Å². The lowest BCUT2D eigenvalue weighted by atomic mass is 10.0. The topological polar surface area (TPSA) is 106 Å². The van der Waals surface area contributed by atoms with Crippen LogP contribution >= 0.6 is 0 Å². The van der Waals surface area contributed by atoms with Crippen molar-refractivity contribution >= 4 is 23.5 Å². The number of hydrogen-bond donors (Lipinski definition) is 1. The van der Waals surface area contributed by atoms with Crippen molar-refractivity contribution in [2.24, 2.45) is 0 Å². The molecule has 3 rings (SSSR count). The predicted octanol–water partition coefficient (Wildman–Crippen LogP) is 1.96. The molecule has 0 radical (unpaired) electrons. The molecule has 1 N–H and O–H groups in total. The van der Waals surface area contributed by atoms with Crippen molar-refractivity contribution < 1.29 is 33.7 Å². The molecule has 0 aliphatic carbocycles. The molecule has 3 amide bonds. The van der Waals surface area contributed by atoms with Crippen LogP contribution in [0.5, 0.6) is 11.5 Å². The van der Waals surface area contributed by atoms with Gasteiger partial charge in [-0.3, -0.25) is 14.5 Å². The molecule has 2 heterocycles. The largest absolute Gasteiger partial charge is 0.502 e. The molecule has 1 aromatic rings. The number of nitrogens with zero attached hydrogens (tertiary/aromatic N) is 2. The highest BCUT2D eigenvalue weighted by atomic mass is 16.6. The Morgan fingerprint density at radius 2 is 1.76 bits per heavy atom. The van der Waals surface area contributed by atoms with Crippen molar-refractivity contribution in [2.75, 3.05) is 33.9 Å². The molecule has 2 aliphatic rings. The lowest BCUT2D eigenvalue weighted by Gasteiger charge is -2.35. The Morgan fingerprint density at radius 1 is 1.10 bits per heavy atom. The van der Waals surface area contributed by atoms with Gasteiger partial charge in [-0.1, -0.05) is 6.07 Å². The fourth-order valence-electron chi connectivity index (χ4n) is 3.64. The number of hydrogen-bond acceptors (Lipinski definition) is 7. The van der Waals surface area contributed by atoms with E-state index in [-0.39, 0.29) is 12.2 Å². The smallest absolute Gasteiger partial charge is 0.409 e. The maximum absolute atomic E-state index is 13.0. The second kappa shape index (κ2) is 8.42.